The third kappa shape index (κ3) is 2.92. The Labute approximate surface area is 127 Å². The fourth-order valence-electron chi connectivity index (χ4n) is 2.95. The second-order valence-corrected chi connectivity index (χ2v) is 7.03. The van der Waals surface area contributed by atoms with Crippen LogP contribution in [0.5, 0.6) is 0 Å². The number of carbonyl (C=O) groups excluding carboxylic acids is 1. The summed E-state index contributed by atoms with van der Waals surface area (Å²) in [4.78, 5) is 11.5. The lowest BCUT2D eigenvalue weighted by Crippen LogP contribution is -2.13. The molecule has 0 unspecified atom stereocenters. The first kappa shape index (κ1) is 14.1. The highest BCUT2D eigenvalue weighted by Gasteiger charge is 2.17. The van der Waals surface area contributed by atoms with Crippen molar-refractivity contribution in [2.75, 3.05) is 0 Å². The van der Waals surface area contributed by atoms with E-state index in [0.29, 0.717) is 18.6 Å². The molecule has 1 heteroatoms. The summed E-state index contributed by atoms with van der Waals surface area (Å²) >= 11 is 0. The van der Waals surface area contributed by atoms with E-state index >= 15 is 0 Å². The number of aryl methyl sites for hydroxylation is 1. The van der Waals surface area contributed by atoms with E-state index in [1.54, 1.807) is 0 Å². The molecule has 0 radical (unpaired) electrons. The Morgan fingerprint density at radius 2 is 1.62 bits per heavy atom. The number of carbonyl (C=O) groups is 1. The highest BCUT2D eigenvalue weighted by atomic mass is 16.1. The fraction of sp³-hybridized carbons (Fsp3) is 0.350. The molecule has 0 amide bonds. The first-order chi connectivity index (χ1) is 9.93. The van der Waals surface area contributed by atoms with Crippen LogP contribution >= 0.6 is 0 Å². The van der Waals surface area contributed by atoms with E-state index in [9.17, 15) is 4.79 Å². The van der Waals surface area contributed by atoms with Crippen molar-refractivity contribution in [1.29, 1.82) is 0 Å². The van der Waals surface area contributed by atoms with Crippen molar-refractivity contribution in [1.82, 2.24) is 0 Å². The molecule has 0 bridgehead atoms. The number of hydrogen-bond donors (Lipinski definition) is 0. The van der Waals surface area contributed by atoms with Gasteiger partial charge in [0, 0.05) is 12.8 Å². The van der Waals surface area contributed by atoms with Gasteiger partial charge in [-0.15, -0.1) is 0 Å². The van der Waals surface area contributed by atoms with Crippen LogP contribution in [0.3, 0.4) is 0 Å². The Balaban J connectivity index is 2.00. The smallest absolute Gasteiger partial charge is 0.137 e. The minimum absolute atomic E-state index is 0.163. The van der Waals surface area contributed by atoms with Crippen LogP contribution in [0.2, 0.25) is 0 Å². The van der Waals surface area contributed by atoms with E-state index in [2.05, 4.69) is 63.2 Å². The quantitative estimate of drug-likeness (QED) is 0.738. The Hall–Kier alpha value is -1.89. The van der Waals surface area contributed by atoms with E-state index in [4.69, 9.17) is 0 Å². The van der Waals surface area contributed by atoms with Crippen molar-refractivity contribution in [2.24, 2.45) is 0 Å². The van der Waals surface area contributed by atoms with Crippen LogP contribution in [0, 0.1) is 0 Å². The molecule has 0 N–H and O–H groups in total. The van der Waals surface area contributed by atoms with Crippen molar-refractivity contribution in [3.05, 3.63) is 59.2 Å². The summed E-state index contributed by atoms with van der Waals surface area (Å²) in [6.45, 7) is 6.72. The molecule has 0 saturated carbocycles. The average molecular weight is 278 g/mol. The Morgan fingerprint density at radius 1 is 0.857 bits per heavy atom. The van der Waals surface area contributed by atoms with Gasteiger partial charge in [0.05, 0.1) is 0 Å². The second-order valence-electron chi connectivity index (χ2n) is 7.03. The molecule has 0 saturated heterocycles. The molecule has 21 heavy (non-hydrogen) atoms. The van der Waals surface area contributed by atoms with Gasteiger partial charge in [0.15, 0.2) is 0 Å². The zero-order valence-corrected chi connectivity index (χ0v) is 13.1. The van der Waals surface area contributed by atoms with Crippen LogP contribution in [-0.4, -0.2) is 5.78 Å². The summed E-state index contributed by atoms with van der Waals surface area (Å²) < 4.78 is 0. The summed E-state index contributed by atoms with van der Waals surface area (Å²) in [6, 6.07) is 15.3. The van der Waals surface area contributed by atoms with E-state index in [1.807, 2.05) is 0 Å². The third-order valence-corrected chi connectivity index (χ3v) is 4.33. The number of Topliss-reactive ketones (excluding diaryl/α,β-unsaturated/α-hetero) is 1. The van der Waals surface area contributed by atoms with Gasteiger partial charge in [-0.25, -0.2) is 0 Å². The Bertz CT molecular complexity index is 689. The molecule has 0 aliphatic heterocycles. The predicted molar refractivity (Wildman–Crippen MR) is 87.6 cm³/mol. The molecule has 1 aliphatic carbocycles. The van der Waals surface area contributed by atoms with Crippen LogP contribution in [0.4, 0.5) is 0 Å². The summed E-state index contributed by atoms with van der Waals surface area (Å²) in [6.07, 6.45) is 2.19. The average Bonchev–Trinajstić information content (AvgIpc) is 2.46. The summed E-state index contributed by atoms with van der Waals surface area (Å²) in [5.41, 5.74) is 6.59. The molecule has 0 spiro atoms. The number of benzene rings is 2. The normalized spacial score (nSPS) is 14.9. The van der Waals surface area contributed by atoms with Crippen LogP contribution < -0.4 is 0 Å². The molecule has 0 aromatic heterocycles. The summed E-state index contributed by atoms with van der Waals surface area (Å²) in [7, 11) is 0. The van der Waals surface area contributed by atoms with Gasteiger partial charge in [0.2, 0.25) is 0 Å². The maximum Gasteiger partial charge on any atom is 0.137 e. The lowest BCUT2D eigenvalue weighted by Gasteiger charge is -2.20. The SMILES string of the molecule is CC(C)(C)c1cccc(-c2ccc3c(c2)CCC(=O)C3)c1. The van der Waals surface area contributed by atoms with Crippen LogP contribution in [-0.2, 0) is 23.1 Å². The molecule has 3 rings (SSSR count). The van der Waals surface area contributed by atoms with Crippen molar-refractivity contribution >= 4 is 5.78 Å². The molecule has 0 atom stereocenters. The van der Waals surface area contributed by atoms with Crippen molar-refractivity contribution in [3.8, 4) is 11.1 Å². The maximum atomic E-state index is 11.5. The lowest BCUT2D eigenvalue weighted by atomic mass is 9.84. The lowest BCUT2D eigenvalue weighted by molar-refractivity contribution is -0.118. The van der Waals surface area contributed by atoms with Gasteiger partial charge in [-0.1, -0.05) is 63.2 Å². The minimum atomic E-state index is 0.163. The standard InChI is InChI=1S/C20H22O/c1-20(2,3)18-6-4-5-14(12-18)15-7-8-17-13-19(21)10-9-16(17)11-15/h4-8,11-12H,9-10,13H2,1-3H3. The van der Waals surface area contributed by atoms with Gasteiger partial charge in [0.25, 0.3) is 0 Å². The molecule has 108 valence electrons. The second kappa shape index (κ2) is 5.14. The van der Waals surface area contributed by atoms with Crippen LogP contribution in [0.1, 0.15) is 43.9 Å². The minimum Gasteiger partial charge on any atom is -0.299 e. The Morgan fingerprint density at radius 3 is 2.38 bits per heavy atom. The number of hydrogen-bond acceptors (Lipinski definition) is 1. The van der Waals surface area contributed by atoms with Crippen molar-refractivity contribution < 1.29 is 4.79 Å². The van der Waals surface area contributed by atoms with Gasteiger partial charge in [-0.2, -0.15) is 0 Å². The number of ketones is 1. The van der Waals surface area contributed by atoms with Crippen molar-refractivity contribution in [3.63, 3.8) is 0 Å². The zero-order valence-electron chi connectivity index (χ0n) is 13.1. The molecule has 0 fully saturated rings. The molecule has 1 aliphatic rings. The van der Waals surface area contributed by atoms with Gasteiger partial charge in [0.1, 0.15) is 5.78 Å². The molecule has 1 nitrogen and oxygen atoms in total. The van der Waals surface area contributed by atoms with E-state index < -0.39 is 0 Å². The number of fused-ring (bicyclic) bond motifs is 1. The van der Waals surface area contributed by atoms with Gasteiger partial charge >= 0.3 is 0 Å². The fourth-order valence-corrected chi connectivity index (χ4v) is 2.95. The first-order valence-electron chi connectivity index (χ1n) is 7.68. The maximum absolute atomic E-state index is 11.5. The Kier molecular flexibility index (Phi) is 3.44. The molecular weight excluding hydrogens is 256 g/mol. The van der Waals surface area contributed by atoms with Gasteiger partial charge in [-0.3, -0.25) is 4.79 Å². The largest absolute Gasteiger partial charge is 0.299 e. The summed E-state index contributed by atoms with van der Waals surface area (Å²) in [5, 5.41) is 0. The van der Waals surface area contributed by atoms with Crippen LogP contribution in [0.25, 0.3) is 11.1 Å². The topological polar surface area (TPSA) is 17.1 Å². The van der Waals surface area contributed by atoms with E-state index in [0.717, 1.165) is 6.42 Å². The highest BCUT2D eigenvalue weighted by Crippen LogP contribution is 2.30. The first-order valence-corrected chi connectivity index (χ1v) is 7.68. The van der Waals surface area contributed by atoms with Crippen LogP contribution in [0.15, 0.2) is 42.5 Å². The van der Waals surface area contributed by atoms with Gasteiger partial charge < -0.3 is 0 Å². The monoisotopic (exact) mass is 278 g/mol. The molecule has 0 heterocycles. The predicted octanol–water partition coefficient (Wildman–Crippen LogP) is 4.71. The number of rotatable bonds is 1. The molecular formula is C20H22O. The van der Waals surface area contributed by atoms with Gasteiger partial charge in [-0.05, 0) is 39.7 Å². The highest BCUT2D eigenvalue weighted by molar-refractivity contribution is 5.83. The van der Waals surface area contributed by atoms with E-state index in [-0.39, 0.29) is 5.41 Å². The third-order valence-electron chi connectivity index (χ3n) is 4.33. The van der Waals surface area contributed by atoms with Crippen molar-refractivity contribution in [2.45, 2.75) is 45.4 Å². The molecule has 2 aromatic rings. The van der Waals surface area contributed by atoms with E-state index in [1.165, 1.54) is 27.8 Å². The summed E-state index contributed by atoms with van der Waals surface area (Å²) in [5.74, 6) is 0.366. The zero-order chi connectivity index (χ0) is 15.0. The molecule has 2 aromatic carbocycles.